The van der Waals surface area contributed by atoms with E-state index in [9.17, 15) is 9.59 Å². The lowest BCUT2D eigenvalue weighted by Crippen LogP contribution is -2.54. The number of likely N-dealkylation sites (N-methyl/N-ethyl adjacent to an activating group) is 1. The average molecular weight is 438 g/mol. The topological polar surface area (TPSA) is 86.8 Å². The Labute approximate surface area is 188 Å². The monoisotopic (exact) mass is 437 g/mol. The van der Waals surface area contributed by atoms with Crippen LogP contribution < -0.4 is 20.4 Å². The normalized spacial score (nSPS) is 18.6. The van der Waals surface area contributed by atoms with Crippen molar-refractivity contribution in [1.29, 1.82) is 0 Å². The number of aromatic nitrogens is 1. The van der Waals surface area contributed by atoms with E-state index in [2.05, 4.69) is 20.5 Å². The lowest BCUT2D eigenvalue weighted by atomic mass is 10.0. The maximum absolute atomic E-state index is 12.8. The Balaban J connectivity index is 1.58. The van der Waals surface area contributed by atoms with Crippen LogP contribution in [0, 0.1) is 0 Å². The van der Waals surface area contributed by atoms with Gasteiger partial charge in [-0.15, -0.1) is 0 Å². The van der Waals surface area contributed by atoms with Crippen molar-refractivity contribution in [3.63, 3.8) is 0 Å². The first-order valence-corrected chi connectivity index (χ1v) is 11.2. The van der Waals surface area contributed by atoms with E-state index in [0.717, 1.165) is 29.9 Å². The van der Waals surface area contributed by atoms with Crippen LogP contribution in [0.25, 0.3) is 0 Å². The van der Waals surface area contributed by atoms with Gasteiger partial charge in [0.05, 0.1) is 24.2 Å². The Morgan fingerprint density at radius 3 is 2.75 bits per heavy atom. The maximum atomic E-state index is 12.8. The minimum atomic E-state index is -0.204. The van der Waals surface area contributed by atoms with Crippen LogP contribution in [0.15, 0.2) is 36.5 Å². The summed E-state index contributed by atoms with van der Waals surface area (Å²) in [5, 5.41) is 6.15. The highest BCUT2D eigenvalue weighted by molar-refractivity contribution is 6.05. The zero-order valence-corrected chi connectivity index (χ0v) is 18.9. The second kappa shape index (κ2) is 9.56. The lowest BCUT2D eigenvalue weighted by molar-refractivity contribution is -0.119. The molecular formula is C24H31N5O3. The van der Waals surface area contributed by atoms with Gasteiger partial charge in [0.15, 0.2) is 0 Å². The molecule has 1 atom stereocenters. The number of carbonyl (C=O) groups excluding carboxylic acids is 2. The molecule has 1 fully saturated rings. The molecule has 0 bridgehead atoms. The molecule has 0 radical (unpaired) electrons. The third-order valence-electron chi connectivity index (χ3n) is 6.31. The standard InChI is InChI=1S/C24H31N5O3/c1-16-24(31)28(2)21-15-26-22(14-20(21)29(16)19-9-4-5-10-19)27-18-8-6-7-17(13-18)23(30)25-11-12-32-3/h6-8,13-16,19H,4-5,9-12H2,1-3H3,(H,25,30)(H,26,27). The van der Waals surface area contributed by atoms with Crippen LogP contribution in [-0.2, 0) is 9.53 Å². The first-order valence-electron chi connectivity index (χ1n) is 11.2. The van der Waals surface area contributed by atoms with E-state index in [4.69, 9.17) is 4.74 Å². The second-order valence-corrected chi connectivity index (χ2v) is 8.43. The molecule has 32 heavy (non-hydrogen) atoms. The average Bonchev–Trinajstić information content (AvgIpc) is 3.32. The number of pyridine rings is 1. The van der Waals surface area contributed by atoms with Gasteiger partial charge in [-0.25, -0.2) is 4.98 Å². The van der Waals surface area contributed by atoms with Gasteiger partial charge in [0.2, 0.25) is 5.91 Å². The number of rotatable bonds is 7. The largest absolute Gasteiger partial charge is 0.383 e. The molecule has 8 heteroatoms. The van der Waals surface area contributed by atoms with E-state index in [-0.39, 0.29) is 17.9 Å². The Hall–Kier alpha value is -3.13. The number of benzene rings is 1. The highest BCUT2D eigenvalue weighted by atomic mass is 16.5. The van der Waals surface area contributed by atoms with Gasteiger partial charge in [-0.2, -0.15) is 0 Å². The zero-order valence-electron chi connectivity index (χ0n) is 18.9. The fourth-order valence-electron chi connectivity index (χ4n) is 4.65. The predicted octanol–water partition coefficient (Wildman–Crippen LogP) is 3.32. The van der Waals surface area contributed by atoms with Gasteiger partial charge in [0, 0.05) is 44.1 Å². The molecule has 1 aliphatic carbocycles. The lowest BCUT2D eigenvalue weighted by Gasteiger charge is -2.43. The summed E-state index contributed by atoms with van der Waals surface area (Å²) in [6, 6.07) is 9.50. The van der Waals surface area contributed by atoms with Crippen LogP contribution >= 0.6 is 0 Å². The molecule has 1 unspecified atom stereocenters. The molecule has 4 rings (SSSR count). The van der Waals surface area contributed by atoms with E-state index in [1.807, 2.05) is 32.2 Å². The smallest absolute Gasteiger partial charge is 0.251 e. The highest BCUT2D eigenvalue weighted by Crippen LogP contribution is 2.41. The summed E-state index contributed by atoms with van der Waals surface area (Å²) in [6.07, 6.45) is 6.36. The third kappa shape index (κ3) is 4.41. The Morgan fingerprint density at radius 2 is 2.00 bits per heavy atom. The number of carbonyl (C=O) groups is 2. The molecule has 0 spiro atoms. The van der Waals surface area contributed by atoms with Gasteiger partial charge in [0.1, 0.15) is 11.9 Å². The first kappa shape index (κ1) is 22.1. The molecule has 0 saturated heterocycles. The van der Waals surface area contributed by atoms with Crippen LogP contribution in [0.1, 0.15) is 43.0 Å². The summed E-state index contributed by atoms with van der Waals surface area (Å²) >= 11 is 0. The molecule has 2 aliphatic rings. The fourth-order valence-corrected chi connectivity index (χ4v) is 4.65. The molecule has 2 heterocycles. The number of hydrogen-bond donors (Lipinski definition) is 2. The minimum absolute atomic E-state index is 0.0964. The van der Waals surface area contributed by atoms with Crippen molar-refractivity contribution >= 4 is 34.7 Å². The molecule has 2 aromatic rings. The summed E-state index contributed by atoms with van der Waals surface area (Å²) in [5.74, 6) is 0.628. The molecule has 8 nitrogen and oxygen atoms in total. The van der Waals surface area contributed by atoms with E-state index in [0.29, 0.717) is 30.6 Å². The third-order valence-corrected chi connectivity index (χ3v) is 6.31. The summed E-state index contributed by atoms with van der Waals surface area (Å²) < 4.78 is 4.98. The van der Waals surface area contributed by atoms with E-state index in [1.165, 1.54) is 12.8 Å². The van der Waals surface area contributed by atoms with Crippen molar-refractivity contribution in [2.45, 2.75) is 44.7 Å². The van der Waals surface area contributed by atoms with Gasteiger partial charge in [-0.1, -0.05) is 18.9 Å². The van der Waals surface area contributed by atoms with Crippen molar-refractivity contribution in [3.8, 4) is 0 Å². The summed E-state index contributed by atoms with van der Waals surface area (Å²) in [5.41, 5.74) is 3.20. The van der Waals surface area contributed by atoms with Gasteiger partial charge >= 0.3 is 0 Å². The molecule has 2 N–H and O–H groups in total. The summed E-state index contributed by atoms with van der Waals surface area (Å²) in [6.45, 7) is 2.91. The van der Waals surface area contributed by atoms with E-state index in [1.54, 1.807) is 30.3 Å². The number of ether oxygens (including phenoxy) is 1. The van der Waals surface area contributed by atoms with Crippen molar-refractivity contribution in [3.05, 3.63) is 42.1 Å². The number of hydrogen-bond acceptors (Lipinski definition) is 6. The fraction of sp³-hybridized carbons (Fsp3) is 0.458. The number of anilines is 4. The Bertz CT molecular complexity index is 989. The quantitative estimate of drug-likeness (QED) is 0.647. The summed E-state index contributed by atoms with van der Waals surface area (Å²) in [4.78, 5) is 33.7. The molecular weight excluding hydrogens is 406 g/mol. The van der Waals surface area contributed by atoms with Crippen LogP contribution in [-0.4, -0.2) is 56.2 Å². The Kier molecular flexibility index (Phi) is 6.60. The maximum Gasteiger partial charge on any atom is 0.251 e. The van der Waals surface area contributed by atoms with Gasteiger partial charge in [-0.3, -0.25) is 9.59 Å². The second-order valence-electron chi connectivity index (χ2n) is 8.43. The van der Waals surface area contributed by atoms with Crippen molar-refractivity contribution in [2.24, 2.45) is 0 Å². The van der Waals surface area contributed by atoms with Gasteiger partial charge in [-0.05, 0) is 38.0 Å². The molecule has 1 aromatic heterocycles. The van der Waals surface area contributed by atoms with Crippen LogP contribution in [0.4, 0.5) is 22.9 Å². The number of nitrogens with one attached hydrogen (secondary N) is 2. The Morgan fingerprint density at radius 1 is 1.22 bits per heavy atom. The van der Waals surface area contributed by atoms with Crippen LogP contribution in [0.3, 0.4) is 0 Å². The zero-order chi connectivity index (χ0) is 22.7. The van der Waals surface area contributed by atoms with Crippen molar-refractivity contribution in [2.75, 3.05) is 42.4 Å². The highest BCUT2D eigenvalue weighted by Gasteiger charge is 2.38. The molecule has 1 aliphatic heterocycles. The molecule has 1 aromatic carbocycles. The number of amides is 2. The van der Waals surface area contributed by atoms with Crippen molar-refractivity contribution in [1.82, 2.24) is 10.3 Å². The number of fused-ring (bicyclic) bond motifs is 1. The summed E-state index contributed by atoms with van der Waals surface area (Å²) in [7, 11) is 3.41. The predicted molar refractivity (Wildman–Crippen MR) is 126 cm³/mol. The van der Waals surface area contributed by atoms with Crippen LogP contribution in [0.5, 0.6) is 0 Å². The molecule has 1 saturated carbocycles. The number of methoxy groups -OCH3 is 1. The molecule has 170 valence electrons. The first-order chi connectivity index (χ1) is 15.5. The van der Waals surface area contributed by atoms with E-state index < -0.39 is 0 Å². The minimum Gasteiger partial charge on any atom is -0.383 e. The van der Waals surface area contributed by atoms with Gasteiger partial charge < -0.3 is 25.2 Å². The van der Waals surface area contributed by atoms with Crippen molar-refractivity contribution < 1.29 is 14.3 Å². The van der Waals surface area contributed by atoms with E-state index >= 15 is 0 Å². The molecule has 2 amide bonds. The number of nitrogens with zero attached hydrogens (tertiary/aromatic N) is 3. The van der Waals surface area contributed by atoms with Gasteiger partial charge in [0.25, 0.3) is 5.91 Å². The van der Waals surface area contributed by atoms with Crippen LogP contribution in [0.2, 0.25) is 0 Å². The SMILES string of the molecule is COCCNC(=O)c1cccc(Nc2cc3c(cn2)N(C)C(=O)C(C)N3C2CCCC2)c1.